The molecule has 196 valence electrons. The Hall–Kier alpha value is -3.72. The normalized spacial score (nSPS) is 15.9. The predicted molar refractivity (Wildman–Crippen MR) is 132 cm³/mol. The number of rotatable bonds is 7. The molecular weight excluding hydrogens is 485 g/mol. The number of benzene rings is 3. The molecule has 9 heteroatoms. The zero-order chi connectivity index (χ0) is 26.0. The largest absolute Gasteiger partial charge is 0.493 e. The molecule has 2 heterocycles. The van der Waals surface area contributed by atoms with Crippen molar-refractivity contribution in [3.8, 4) is 17.2 Å². The van der Waals surface area contributed by atoms with E-state index in [0.29, 0.717) is 12.7 Å². The highest BCUT2D eigenvalue weighted by Gasteiger charge is 2.16. The first-order valence-corrected chi connectivity index (χ1v) is 12.2. The molecule has 0 aliphatic carbocycles. The summed E-state index contributed by atoms with van der Waals surface area (Å²) in [6.45, 7) is 3.30. The Balaban J connectivity index is 0.000000175. The van der Waals surface area contributed by atoms with Crippen molar-refractivity contribution in [2.75, 3.05) is 33.0 Å². The molecule has 3 aromatic rings. The summed E-state index contributed by atoms with van der Waals surface area (Å²) in [6.07, 6.45) is 2.49. The lowest BCUT2D eigenvalue weighted by atomic mass is 10.0. The number of hydrogen-bond acceptors (Lipinski definition) is 5. The number of piperidine rings is 1. The minimum atomic E-state index is -0.662. The van der Waals surface area contributed by atoms with Gasteiger partial charge in [0.2, 0.25) is 6.79 Å². The number of carbonyl (C=O) groups is 1. The van der Waals surface area contributed by atoms with E-state index in [1.54, 1.807) is 0 Å². The van der Waals surface area contributed by atoms with Gasteiger partial charge in [0.15, 0.2) is 11.5 Å². The van der Waals surface area contributed by atoms with Crippen LogP contribution in [0.3, 0.4) is 0 Å². The van der Waals surface area contributed by atoms with Gasteiger partial charge in [0.25, 0.3) is 5.91 Å². The van der Waals surface area contributed by atoms with Crippen molar-refractivity contribution in [2.45, 2.75) is 19.3 Å². The second-order valence-electron chi connectivity index (χ2n) is 8.72. The molecule has 6 nitrogen and oxygen atoms in total. The molecule has 2 N–H and O–H groups in total. The van der Waals surface area contributed by atoms with Crippen molar-refractivity contribution in [1.29, 1.82) is 0 Å². The fraction of sp³-hybridized carbons (Fsp3) is 0.321. The molecular formula is C28H29F3N2O4. The van der Waals surface area contributed by atoms with Gasteiger partial charge in [-0.1, -0.05) is 18.2 Å². The second-order valence-corrected chi connectivity index (χ2v) is 8.72. The number of fused-ring (bicyclic) bond motifs is 1. The molecule has 5 rings (SSSR count). The van der Waals surface area contributed by atoms with Gasteiger partial charge in [0.1, 0.15) is 23.2 Å². The maximum absolute atomic E-state index is 13.3. The van der Waals surface area contributed by atoms with E-state index in [1.807, 2.05) is 18.2 Å². The molecule has 0 radical (unpaired) electrons. The fourth-order valence-corrected chi connectivity index (χ4v) is 4.06. The van der Waals surface area contributed by atoms with Crippen molar-refractivity contribution in [3.63, 3.8) is 0 Å². The van der Waals surface area contributed by atoms with Crippen LogP contribution < -0.4 is 24.8 Å². The topological polar surface area (TPSA) is 68.8 Å². The smallest absolute Gasteiger partial charge is 0.254 e. The van der Waals surface area contributed by atoms with Gasteiger partial charge in [0.05, 0.1) is 12.2 Å². The monoisotopic (exact) mass is 514 g/mol. The van der Waals surface area contributed by atoms with Gasteiger partial charge in [-0.3, -0.25) is 4.79 Å². The van der Waals surface area contributed by atoms with Crippen LogP contribution in [0.25, 0.3) is 0 Å². The first kappa shape index (κ1) is 26.3. The van der Waals surface area contributed by atoms with Crippen molar-refractivity contribution in [1.82, 2.24) is 10.6 Å². The summed E-state index contributed by atoms with van der Waals surface area (Å²) >= 11 is 0. The van der Waals surface area contributed by atoms with E-state index >= 15 is 0 Å². The maximum Gasteiger partial charge on any atom is 0.254 e. The van der Waals surface area contributed by atoms with Crippen LogP contribution in [-0.2, 0) is 6.42 Å². The molecule has 2 aliphatic rings. The van der Waals surface area contributed by atoms with Crippen LogP contribution in [0.2, 0.25) is 0 Å². The molecule has 0 aromatic heterocycles. The molecule has 0 saturated carbocycles. The zero-order valence-electron chi connectivity index (χ0n) is 20.3. The summed E-state index contributed by atoms with van der Waals surface area (Å²) in [5, 5.41) is 5.82. The van der Waals surface area contributed by atoms with Crippen LogP contribution in [0.1, 0.15) is 28.8 Å². The van der Waals surface area contributed by atoms with Gasteiger partial charge in [-0.25, -0.2) is 13.2 Å². The summed E-state index contributed by atoms with van der Waals surface area (Å²) in [4.78, 5) is 11.7. The van der Waals surface area contributed by atoms with Crippen molar-refractivity contribution in [3.05, 3.63) is 89.2 Å². The summed E-state index contributed by atoms with van der Waals surface area (Å²) in [5.74, 6) is 0.493. The Morgan fingerprint density at radius 3 is 2.49 bits per heavy atom. The Kier molecular flexibility index (Phi) is 9.26. The Morgan fingerprint density at radius 1 is 0.973 bits per heavy atom. The number of amides is 1. The molecule has 37 heavy (non-hydrogen) atoms. The number of ether oxygens (including phenoxy) is 3. The lowest BCUT2D eigenvalue weighted by molar-refractivity contribution is 0.0950. The minimum Gasteiger partial charge on any atom is -0.493 e. The van der Waals surface area contributed by atoms with Crippen LogP contribution in [-0.4, -0.2) is 38.9 Å². The van der Waals surface area contributed by atoms with Gasteiger partial charge >= 0.3 is 0 Å². The van der Waals surface area contributed by atoms with E-state index in [9.17, 15) is 18.0 Å². The van der Waals surface area contributed by atoms with Crippen LogP contribution in [0.5, 0.6) is 17.2 Å². The van der Waals surface area contributed by atoms with E-state index < -0.39 is 23.4 Å². The fourth-order valence-electron chi connectivity index (χ4n) is 4.06. The average molecular weight is 515 g/mol. The second kappa shape index (κ2) is 13.0. The molecule has 1 atom stereocenters. The van der Waals surface area contributed by atoms with Crippen molar-refractivity contribution in [2.24, 2.45) is 5.92 Å². The SMILES string of the molecule is O=C(NCCc1c(F)cccc1F)c1ccccc1F.c1cc2c(cc1OCC1CCCNC1)OCO2. The number of nitrogens with one attached hydrogen (secondary N) is 2. The first-order valence-electron chi connectivity index (χ1n) is 12.2. The van der Waals surface area contributed by atoms with Crippen LogP contribution in [0.15, 0.2) is 60.7 Å². The summed E-state index contributed by atoms with van der Waals surface area (Å²) in [5.41, 5.74) is -0.192. The highest BCUT2D eigenvalue weighted by molar-refractivity contribution is 5.94. The third-order valence-electron chi connectivity index (χ3n) is 6.07. The van der Waals surface area contributed by atoms with Gasteiger partial charge in [-0.15, -0.1) is 0 Å². The summed E-state index contributed by atoms with van der Waals surface area (Å²) in [7, 11) is 0. The highest BCUT2D eigenvalue weighted by Crippen LogP contribution is 2.35. The lowest BCUT2D eigenvalue weighted by Gasteiger charge is -2.22. The van der Waals surface area contributed by atoms with Crippen LogP contribution in [0.4, 0.5) is 13.2 Å². The van der Waals surface area contributed by atoms with Gasteiger partial charge < -0.3 is 24.8 Å². The van der Waals surface area contributed by atoms with E-state index in [1.165, 1.54) is 43.2 Å². The van der Waals surface area contributed by atoms with Gasteiger partial charge in [0, 0.05) is 30.6 Å². The van der Waals surface area contributed by atoms with E-state index in [4.69, 9.17) is 14.2 Å². The number of carbonyl (C=O) groups excluding carboxylic acids is 1. The zero-order valence-corrected chi connectivity index (χ0v) is 20.3. The highest BCUT2D eigenvalue weighted by atomic mass is 19.1. The number of hydrogen-bond donors (Lipinski definition) is 2. The molecule has 1 amide bonds. The first-order chi connectivity index (χ1) is 18.0. The Bertz CT molecular complexity index is 1180. The third-order valence-corrected chi connectivity index (χ3v) is 6.07. The van der Waals surface area contributed by atoms with E-state index in [0.717, 1.165) is 49.1 Å². The van der Waals surface area contributed by atoms with E-state index in [-0.39, 0.29) is 24.1 Å². The van der Waals surface area contributed by atoms with Crippen LogP contribution in [0, 0.1) is 23.4 Å². The van der Waals surface area contributed by atoms with Crippen molar-refractivity contribution >= 4 is 5.91 Å². The maximum atomic E-state index is 13.3. The minimum absolute atomic E-state index is 0.00129. The average Bonchev–Trinajstić information content (AvgIpc) is 3.38. The molecule has 2 aliphatic heterocycles. The van der Waals surface area contributed by atoms with Gasteiger partial charge in [-0.2, -0.15) is 0 Å². The van der Waals surface area contributed by atoms with Crippen LogP contribution >= 0.6 is 0 Å². The molecule has 0 bridgehead atoms. The molecule has 3 aromatic carbocycles. The van der Waals surface area contributed by atoms with E-state index in [2.05, 4.69) is 10.6 Å². The predicted octanol–water partition coefficient (Wildman–Crippen LogP) is 4.87. The molecule has 0 spiro atoms. The quantitative estimate of drug-likeness (QED) is 0.471. The molecule has 1 fully saturated rings. The van der Waals surface area contributed by atoms with Crippen molar-refractivity contribution < 1.29 is 32.2 Å². The molecule has 1 saturated heterocycles. The lowest BCUT2D eigenvalue weighted by Crippen LogP contribution is -2.33. The standard InChI is InChI=1S/C15H12F3NO.C13H17NO3/c16-12-6-3-7-13(17)10(12)8-9-19-15(20)11-4-1-2-5-14(11)18;1-2-10(7-14-5-1)8-15-11-3-4-12-13(6-11)17-9-16-12/h1-7H,8-9H2,(H,19,20);3-4,6,10,14H,1-2,5,7-9H2. The summed E-state index contributed by atoms with van der Waals surface area (Å²) < 4.78 is 56.4. The third kappa shape index (κ3) is 7.39. The van der Waals surface area contributed by atoms with Gasteiger partial charge in [-0.05, 0) is 62.2 Å². The Labute approximate surface area is 213 Å². The molecule has 1 unspecified atom stereocenters. The summed E-state index contributed by atoms with van der Waals surface area (Å²) in [6, 6.07) is 14.8. The number of halogens is 3. The Morgan fingerprint density at radius 2 is 1.73 bits per heavy atom.